The second-order valence-electron chi connectivity index (χ2n) is 5.99. The van der Waals surface area contributed by atoms with Gasteiger partial charge in [-0.1, -0.05) is 19.1 Å². The van der Waals surface area contributed by atoms with Crippen LogP contribution in [0.25, 0.3) is 10.9 Å². The van der Waals surface area contributed by atoms with Gasteiger partial charge in [-0.2, -0.15) is 0 Å². The molecule has 0 saturated carbocycles. The van der Waals surface area contributed by atoms with E-state index in [0.717, 1.165) is 24.0 Å². The van der Waals surface area contributed by atoms with Gasteiger partial charge in [-0.3, -0.25) is 20.0 Å². The third kappa shape index (κ3) is 6.56. The highest BCUT2D eigenvalue weighted by molar-refractivity contribution is 5.93. The van der Waals surface area contributed by atoms with E-state index < -0.39 is 0 Å². The zero-order valence-corrected chi connectivity index (χ0v) is 15.6. The SMILES string of the molecule is CCCNNC(=O)c1ccc(CNC=O)cc1.Cc1cc2cnccc2[nH]1. The third-order valence-electron chi connectivity index (χ3n) is 3.74. The lowest BCUT2D eigenvalue weighted by molar-refractivity contribution is -0.109. The number of fused-ring (bicyclic) bond motifs is 1. The maximum absolute atomic E-state index is 11.6. The number of rotatable bonds is 7. The smallest absolute Gasteiger partial charge is 0.265 e. The summed E-state index contributed by atoms with van der Waals surface area (Å²) in [5, 5.41) is 3.74. The summed E-state index contributed by atoms with van der Waals surface area (Å²) in [7, 11) is 0. The number of hydrogen-bond acceptors (Lipinski definition) is 4. The molecule has 3 rings (SSSR count). The highest BCUT2D eigenvalue weighted by atomic mass is 16.2. The zero-order chi connectivity index (χ0) is 19.5. The number of pyridine rings is 1. The molecule has 1 aromatic carbocycles. The fourth-order valence-corrected chi connectivity index (χ4v) is 2.39. The summed E-state index contributed by atoms with van der Waals surface area (Å²) in [4.78, 5) is 28.9. The molecule has 2 amide bonds. The lowest BCUT2D eigenvalue weighted by Gasteiger charge is -2.06. The van der Waals surface area contributed by atoms with Crippen molar-refractivity contribution in [1.29, 1.82) is 0 Å². The van der Waals surface area contributed by atoms with Crippen molar-refractivity contribution in [3.05, 3.63) is 65.6 Å². The number of hydrazine groups is 1. The average Bonchev–Trinajstić information content (AvgIpc) is 3.07. The maximum Gasteiger partial charge on any atom is 0.265 e. The third-order valence-corrected chi connectivity index (χ3v) is 3.74. The summed E-state index contributed by atoms with van der Waals surface area (Å²) in [6.45, 7) is 5.28. The molecule has 0 unspecified atom stereocenters. The van der Waals surface area contributed by atoms with E-state index in [1.165, 1.54) is 11.1 Å². The van der Waals surface area contributed by atoms with Crippen LogP contribution in [0.3, 0.4) is 0 Å². The second-order valence-corrected chi connectivity index (χ2v) is 5.99. The molecule has 0 bridgehead atoms. The van der Waals surface area contributed by atoms with E-state index in [-0.39, 0.29) is 5.91 Å². The van der Waals surface area contributed by atoms with Crippen molar-refractivity contribution in [2.45, 2.75) is 26.8 Å². The summed E-state index contributed by atoms with van der Waals surface area (Å²) in [5.74, 6) is -0.159. The first-order valence-electron chi connectivity index (χ1n) is 8.82. The van der Waals surface area contributed by atoms with Crippen LogP contribution < -0.4 is 16.2 Å². The predicted octanol–water partition coefficient (Wildman–Crippen LogP) is 2.45. The van der Waals surface area contributed by atoms with Crippen molar-refractivity contribution in [3.63, 3.8) is 0 Å². The van der Waals surface area contributed by atoms with Gasteiger partial charge in [0.1, 0.15) is 0 Å². The van der Waals surface area contributed by atoms with Crippen molar-refractivity contribution in [3.8, 4) is 0 Å². The molecule has 7 heteroatoms. The summed E-state index contributed by atoms with van der Waals surface area (Å²) >= 11 is 0. The predicted molar refractivity (Wildman–Crippen MR) is 106 cm³/mol. The number of aromatic nitrogens is 2. The van der Waals surface area contributed by atoms with Gasteiger partial charge in [-0.15, -0.1) is 0 Å². The molecule has 2 aromatic heterocycles. The quantitative estimate of drug-likeness (QED) is 0.293. The molecule has 3 aromatic rings. The van der Waals surface area contributed by atoms with Gasteiger partial charge in [0, 0.05) is 47.6 Å². The second kappa shape index (κ2) is 10.7. The largest absolute Gasteiger partial charge is 0.359 e. The minimum absolute atomic E-state index is 0.159. The molecular weight excluding hydrogens is 342 g/mol. The first kappa shape index (κ1) is 20.1. The number of carbonyl (C=O) groups excluding carboxylic acids is 2. The molecular formula is C20H25N5O2. The summed E-state index contributed by atoms with van der Waals surface area (Å²) < 4.78 is 0. The van der Waals surface area contributed by atoms with Crippen LogP contribution in [0.1, 0.15) is 35.0 Å². The molecule has 0 atom stereocenters. The number of carbonyl (C=O) groups is 2. The molecule has 0 aliphatic heterocycles. The molecule has 27 heavy (non-hydrogen) atoms. The Morgan fingerprint density at radius 1 is 1.22 bits per heavy atom. The van der Waals surface area contributed by atoms with Crippen LogP contribution >= 0.6 is 0 Å². The van der Waals surface area contributed by atoms with Crippen LogP contribution in [0.5, 0.6) is 0 Å². The van der Waals surface area contributed by atoms with Crippen LogP contribution in [0.15, 0.2) is 48.8 Å². The fourth-order valence-electron chi connectivity index (χ4n) is 2.39. The van der Waals surface area contributed by atoms with Crippen molar-refractivity contribution in [1.82, 2.24) is 26.1 Å². The van der Waals surface area contributed by atoms with Gasteiger partial charge < -0.3 is 10.3 Å². The Labute approximate surface area is 158 Å². The standard InChI is InChI=1S/C12H17N3O2.C8H8N2/c1-2-7-14-15-12(17)11-5-3-10(4-6-11)8-13-9-16;1-6-4-7-5-9-3-2-8(7)10-6/h3-6,9,14H,2,7-8H2,1H3,(H,13,16)(H,15,17);2-5,10H,1H3. The van der Waals surface area contributed by atoms with Gasteiger partial charge in [0.05, 0.1) is 0 Å². The number of nitrogens with zero attached hydrogens (tertiary/aromatic N) is 1. The zero-order valence-electron chi connectivity index (χ0n) is 15.6. The van der Waals surface area contributed by atoms with E-state index in [2.05, 4.69) is 32.2 Å². The molecule has 0 aliphatic carbocycles. The topological polar surface area (TPSA) is 98.9 Å². The van der Waals surface area contributed by atoms with E-state index >= 15 is 0 Å². The molecule has 7 nitrogen and oxygen atoms in total. The Kier molecular flexibility index (Phi) is 7.99. The number of benzene rings is 1. The van der Waals surface area contributed by atoms with E-state index in [9.17, 15) is 9.59 Å². The molecule has 0 fully saturated rings. The number of amides is 2. The number of nitrogens with one attached hydrogen (secondary N) is 4. The first-order valence-corrected chi connectivity index (χ1v) is 8.82. The Morgan fingerprint density at radius 3 is 2.67 bits per heavy atom. The van der Waals surface area contributed by atoms with Gasteiger partial charge in [-0.25, -0.2) is 5.43 Å². The van der Waals surface area contributed by atoms with Crippen molar-refractivity contribution < 1.29 is 9.59 Å². The van der Waals surface area contributed by atoms with Crippen LogP contribution in [-0.2, 0) is 11.3 Å². The van der Waals surface area contributed by atoms with Gasteiger partial charge in [-0.05, 0) is 43.2 Å². The van der Waals surface area contributed by atoms with Gasteiger partial charge in [0.2, 0.25) is 6.41 Å². The normalized spacial score (nSPS) is 10.0. The van der Waals surface area contributed by atoms with E-state index in [1.807, 2.05) is 38.2 Å². The van der Waals surface area contributed by atoms with E-state index in [4.69, 9.17) is 0 Å². The van der Waals surface area contributed by atoms with Gasteiger partial charge in [0.25, 0.3) is 5.91 Å². The Hall–Kier alpha value is -3.19. The number of hydrogen-bond donors (Lipinski definition) is 4. The molecule has 0 radical (unpaired) electrons. The number of aryl methyl sites for hydroxylation is 1. The Morgan fingerprint density at radius 2 is 2.00 bits per heavy atom. The molecule has 142 valence electrons. The van der Waals surface area contributed by atoms with Gasteiger partial charge >= 0.3 is 0 Å². The summed E-state index contributed by atoms with van der Waals surface area (Å²) in [6.07, 6.45) is 5.25. The molecule has 0 aliphatic rings. The maximum atomic E-state index is 11.6. The monoisotopic (exact) mass is 367 g/mol. The fraction of sp³-hybridized carbons (Fsp3) is 0.250. The van der Waals surface area contributed by atoms with Crippen LogP contribution in [0.2, 0.25) is 0 Å². The minimum Gasteiger partial charge on any atom is -0.359 e. The highest BCUT2D eigenvalue weighted by Gasteiger charge is 2.03. The Bertz CT molecular complexity index is 825. The van der Waals surface area contributed by atoms with Crippen molar-refractivity contribution >= 4 is 23.2 Å². The summed E-state index contributed by atoms with van der Waals surface area (Å²) in [5.41, 5.74) is 9.31. The van der Waals surface area contributed by atoms with Crippen LogP contribution in [0.4, 0.5) is 0 Å². The van der Waals surface area contributed by atoms with Crippen molar-refractivity contribution in [2.24, 2.45) is 0 Å². The number of aromatic amines is 1. The lowest BCUT2D eigenvalue weighted by atomic mass is 10.1. The highest BCUT2D eigenvalue weighted by Crippen LogP contribution is 2.11. The number of H-pyrrole nitrogens is 1. The summed E-state index contributed by atoms with van der Waals surface area (Å²) in [6, 6.07) is 11.1. The van der Waals surface area contributed by atoms with Gasteiger partial charge in [0.15, 0.2) is 0 Å². The van der Waals surface area contributed by atoms with Crippen LogP contribution in [0, 0.1) is 6.92 Å². The molecule has 0 spiro atoms. The molecule has 2 heterocycles. The van der Waals surface area contributed by atoms with E-state index in [0.29, 0.717) is 18.5 Å². The van der Waals surface area contributed by atoms with Crippen molar-refractivity contribution in [2.75, 3.05) is 6.54 Å². The molecule has 4 N–H and O–H groups in total. The minimum atomic E-state index is -0.159. The van der Waals surface area contributed by atoms with E-state index in [1.54, 1.807) is 18.3 Å². The Balaban J connectivity index is 0.000000219. The lowest BCUT2D eigenvalue weighted by Crippen LogP contribution is -2.37. The van der Waals surface area contributed by atoms with Crippen LogP contribution in [-0.4, -0.2) is 28.8 Å². The molecule has 0 saturated heterocycles. The first-order chi connectivity index (χ1) is 13.1. The average molecular weight is 367 g/mol.